The van der Waals surface area contributed by atoms with Gasteiger partial charge < -0.3 is 0 Å². The molecule has 0 aromatic heterocycles. The Kier molecular flexibility index (Phi) is 3.98. The molecule has 1 rings (SSSR count). The minimum Gasteiger partial charge on any atom is -0.227 e. The fourth-order valence-electron chi connectivity index (χ4n) is 1.09. The van der Waals surface area contributed by atoms with Gasteiger partial charge in [0.15, 0.2) is 0 Å². The zero-order chi connectivity index (χ0) is 10.6. The van der Waals surface area contributed by atoms with Gasteiger partial charge in [0, 0.05) is 4.90 Å². The second-order valence-electron chi connectivity index (χ2n) is 4.10. The van der Waals surface area contributed by atoms with Gasteiger partial charge in [-0.1, -0.05) is 32.9 Å². The van der Waals surface area contributed by atoms with E-state index in [4.69, 9.17) is 4.33 Å². The molecule has 78 valence electrons. The molecule has 0 saturated heterocycles. The van der Waals surface area contributed by atoms with Crippen molar-refractivity contribution < 1.29 is 9.22 Å². The highest BCUT2D eigenvalue weighted by Gasteiger charge is 2.13. The van der Waals surface area contributed by atoms with Gasteiger partial charge in [-0.3, -0.25) is 0 Å². The quantitative estimate of drug-likeness (QED) is 0.433. The van der Waals surface area contributed by atoms with E-state index in [2.05, 4.69) is 37.8 Å². The molecule has 0 atom stereocenters. The summed E-state index contributed by atoms with van der Waals surface area (Å²) < 4.78 is 4.80. The molecule has 14 heavy (non-hydrogen) atoms. The van der Waals surface area contributed by atoms with Crippen molar-refractivity contribution in [2.75, 3.05) is 7.11 Å². The first-order valence-electron chi connectivity index (χ1n) is 4.52. The van der Waals surface area contributed by atoms with Crippen LogP contribution in [0.5, 0.6) is 0 Å². The molecule has 0 aliphatic rings. The van der Waals surface area contributed by atoms with Gasteiger partial charge in [-0.25, -0.2) is 4.89 Å². The standard InChI is InChI=1S/C11H16O2S/c1-11(2,3)9-6-5-7-10(8-9)14-13-12-4/h5-8H,1-4H3. The van der Waals surface area contributed by atoms with E-state index in [1.807, 2.05) is 12.1 Å². The molecule has 0 amide bonds. The van der Waals surface area contributed by atoms with Gasteiger partial charge in [0.1, 0.15) is 0 Å². The van der Waals surface area contributed by atoms with Crippen LogP contribution in [-0.2, 0) is 14.6 Å². The number of rotatable bonds is 3. The summed E-state index contributed by atoms with van der Waals surface area (Å²) in [7, 11) is 1.50. The third-order valence-electron chi connectivity index (χ3n) is 1.90. The van der Waals surface area contributed by atoms with E-state index >= 15 is 0 Å². The summed E-state index contributed by atoms with van der Waals surface area (Å²) in [5, 5.41) is 0. The van der Waals surface area contributed by atoms with Crippen molar-refractivity contribution in [3.63, 3.8) is 0 Å². The minimum absolute atomic E-state index is 0.170. The molecule has 3 heteroatoms. The summed E-state index contributed by atoms with van der Waals surface area (Å²) in [5.74, 6) is 0. The number of benzene rings is 1. The maximum Gasteiger partial charge on any atom is 0.0725 e. The fraction of sp³-hybridized carbons (Fsp3) is 0.455. The molecule has 2 nitrogen and oxygen atoms in total. The van der Waals surface area contributed by atoms with Gasteiger partial charge in [-0.2, -0.15) is 4.33 Å². The molecule has 0 N–H and O–H groups in total. The van der Waals surface area contributed by atoms with E-state index in [0.717, 1.165) is 4.90 Å². The Labute approximate surface area is 89.7 Å². The fourth-order valence-corrected chi connectivity index (χ4v) is 1.54. The van der Waals surface area contributed by atoms with E-state index in [9.17, 15) is 0 Å². The Bertz CT molecular complexity index is 292. The predicted molar refractivity (Wildman–Crippen MR) is 59.1 cm³/mol. The molecule has 0 fully saturated rings. The highest BCUT2D eigenvalue weighted by molar-refractivity contribution is 7.94. The second-order valence-corrected chi connectivity index (χ2v) is 4.87. The Morgan fingerprint density at radius 2 is 1.93 bits per heavy atom. The average Bonchev–Trinajstić information content (AvgIpc) is 2.14. The van der Waals surface area contributed by atoms with Crippen LogP contribution in [0.3, 0.4) is 0 Å². The van der Waals surface area contributed by atoms with E-state index in [1.165, 1.54) is 24.7 Å². The van der Waals surface area contributed by atoms with Crippen LogP contribution in [0.4, 0.5) is 0 Å². The topological polar surface area (TPSA) is 18.5 Å². The lowest BCUT2D eigenvalue weighted by Crippen LogP contribution is -2.10. The first-order chi connectivity index (χ1) is 6.54. The van der Waals surface area contributed by atoms with Gasteiger partial charge in [-0.15, -0.1) is 0 Å². The Morgan fingerprint density at radius 3 is 2.50 bits per heavy atom. The van der Waals surface area contributed by atoms with Gasteiger partial charge in [0.05, 0.1) is 19.2 Å². The molecule has 0 saturated carbocycles. The zero-order valence-electron chi connectivity index (χ0n) is 9.03. The lowest BCUT2D eigenvalue weighted by Gasteiger charge is -2.19. The molecule has 0 bridgehead atoms. The van der Waals surface area contributed by atoms with Crippen LogP contribution >= 0.6 is 12.0 Å². The van der Waals surface area contributed by atoms with Crippen molar-refractivity contribution in [3.05, 3.63) is 29.8 Å². The summed E-state index contributed by atoms with van der Waals surface area (Å²) in [4.78, 5) is 5.59. The molecule has 0 unspecified atom stereocenters. The molecule has 1 aromatic carbocycles. The monoisotopic (exact) mass is 212 g/mol. The normalized spacial score (nSPS) is 11.7. The van der Waals surface area contributed by atoms with Crippen LogP contribution in [0.15, 0.2) is 29.2 Å². The van der Waals surface area contributed by atoms with Crippen LogP contribution in [0.1, 0.15) is 26.3 Å². The summed E-state index contributed by atoms with van der Waals surface area (Å²) in [5.41, 5.74) is 1.46. The Hall–Kier alpha value is -0.510. The van der Waals surface area contributed by atoms with Crippen LogP contribution < -0.4 is 0 Å². The van der Waals surface area contributed by atoms with Crippen LogP contribution in [-0.4, -0.2) is 7.11 Å². The van der Waals surface area contributed by atoms with E-state index in [0.29, 0.717) is 0 Å². The lowest BCUT2D eigenvalue weighted by atomic mass is 9.87. The Morgan fingerprint density at radius 1 is 1.21 bits per heavy atom. The summed E-state index contributed by atoms with van der Waals surface area (Å²) >= 11 is 1.23. The molecule has 0 radical (unpaired) electrons. The molecule has 0 heterocycles. The minimum atomic E-state index is 0.170. The van der Waals surface area contributed by atoms with E-state index in [1.54, 1.807) is 0 Å². The molecule has 0 aliphatic carbocycles. The van der Waals surface area contributed by atoms with Crippen molar-refractivity contribution in [2.45, 2.75) is 31.1 Å². The molecular formula is C11H16O2S. The largest absolute Gasteiger partial charge is 0.227 e. The number of hydrogen-bond donors (Lipinski definition) is 0. The summed E-state index contributed by atoms with van der Waals surface area (Å²) in [6.07, 6.45) is 0. The molecule has 0 aliphatic heterocycles. The van der Waals surface area contributed by atoms with E-state index in [-0.39, 0.29) is 5.41 Å². The summed E-state index contributed by atoms with van der Waals surface area (Å²) in [6, 6.07) is 8.27. The van der Waals surface area contributed by atoms with Gasteiger partial charge in [-0.05, 0) is 23.1 Å². The first-order valence-corrected chi connectivity index (χ1v) is 5.26. The second kappa shape index (κ2) is 4.82. The highest BCUT2D eigenvalue weighted by Crippen LogP contribution is 2.27. The van der Waals surface area contributed by atoms with Crippen LogP contribution in [0.25, 0.3) is 0 Å². The van der Waals surface area contributed by atoms with Crippen molar-refractivity contribution in [1.82, 2.24) is 0 Å². The molecule has 1 aromatic rings. The van der Waals surface area contributed by atoms with Gasteiger partial charge in [0.2, 0.25) is 0 Å². The third kappa shape index (κ3) is 3.33. The average molecular weight is 212 g/mol. The zero-order valence-corrected chi connectivity index (χ0v) is 9.85. The first kappa shape index (κ1) is 11.6. The third-order valence-corrected chi connectivity index (χ3v) is 2.55. The van der Waals surface area contributed by atoms with Crippen LogP contribution in [0, 0.1) is 0 Å². The molecule has 0 spiro atoms. The van der Waals surface area contributed by atoms with Gasteiger partial charge in [0.25, 0.3) is 0 Å². The van der Waals surface area contributed by atoms with Crippen LogP contribution in [0.2, 0.25) is 0 Å². The Balaban J connectivity index is 2.79. The SMILES string of the molecule is COOSc1cccc(C(C)(C)C)c1. The van der Waals surface area contributed by atoms with Crippen molar-refractivity contribution >= 4 is 12.0 Å². The highest BCUT2D eigenvalue weighted by atomic mass is 32.2. The van der Waals surface area contributed by atoms with Gasteiger partial charge >= 0.3 is 0 Å². The van der Waals surface area contributed by atoms with E-state index < -0.39 is 0 Å². The summed E-state index contributed by atoms with van der Waals surface area (Å²) in [6.45, 7) is 6.57. The maximum atomic E-state index is 4.80. The maximum absolute atomic E-state index is 4.80. The smallest absolute Gasteiger partial charge is 0.0725 e. The van der Waals surface area contributed by atoms with Crippen molar-refractivity contribution in [1.29, 1.82) is 0 Å². The molecular weight excluding hydrogens is 196 g/mol. The van der Waals surface area contributed by atoms with Crippen molar-refractivity contribution in [3.8, 4) is 0 Å². The predicted octanol–water partition coefficient (Wildman–Crippen LogP) is 3.57. The van der Waals surface area contributed by atoms with Crippen molar-refractivity contribution in [2.24, 2.45) is 0 Å². The number of hydrogen-bond acceptors (Lipinski definition) is 3. The lowest BCUT2D eigenvalue weighted by molar-refractivity contribution is -0.160.